The van der Waals surface area contributed by atoms with E-state index in [0.29, 0.717) is 0 Å². The van der Waals surface area contributed by atoms with E-state index in [-0.39, 0.29) is 12.1 Å². The van der Waals surface area contributed by atoms with Crippen LogP contribution in [0.5, 0.6) is 11.5 Å². The van der Waals surface area contributed by atoms with Crippen LogP contribution in [-0.2, 0) is 0 Å². The third-order valence-electron chi connectivity index (χ3n) is 3.11. The Kier molecular flexibility index (Phi) is 5.65. The Hall–Kier alpha value is -1.52. The lowest BCUT2D eigenvalue weighted by Crippen LogP contribution is -2.21. The topological polar surface area (TPSA) is 30.5 Å². The normalized spacial score (nSPS) is 12.4. The van der Waals surface area contributed by atoms with Crippen molar-refractivity contribution in [2.75, 3.05) is 13.7 Å². The molecule has 2 aromatic rings. The van der Waals surface area contributed by atoms with Crippen molar-refractivity contribution >= 4 is 11.3 Å². The number of nitrogens with one attached hydrogen (secondary N) is 1. The molecule has 3 nitrogen and oxygen atoms in total. The van der Waals surface area contributed by atoms with Crippen molar-refractivity contribution in [1.82, 2.24) is 5.32 Å². The molecular formula is C17H23NO2S. The fraction of sp³-hybridized carbons (Fsp3) is 0.412. The molecule has 0 aliphatic rings. The third kappa shape index (κ3) is 3.99. The Morgan fingerprint density at radius 1 is 1.24 bits per heavy atom. The smallest absolute Gasteiger partial charge is 0.134 e. The SMILES string of the molecule is CCNC(c1cccc(OC(C)C)c1)c1sccc1OC. The summed E-state index contributed by atoms with van der Waals surface area (Å²) in [5, 5.41) is 5.59. The van der Waals surface area contributed by atoms with Crippen LogP contribution < -0.4 is 14.8 Å². The first-order chi connectivity index (χ1) is 10.2. The summed E-state index contributed by atoms with van der Waals surface area (Å²) < 4.78 is 11.3. The van der Waals surface area contributed by atoms with Crippen LogP contribution in [0.2, 0.25) is 0 Å². The second kappa shape index (κ2) is 7.48. The number of hydrogen-bond acceptors (Lipinski definition) is 4. The Labute approximate surface area is 130 Å². The van der Waals surface area contributed by atoms with Crippen LogP contribution in [0.15, 0.2) is 35.7 Å². The van der Waals surface area contributed by atoms with Gasteiger partial charge in [0.15, 0.2) is 0 Å². The predicted octanol–water partition coefficient (Wildman–Crippen LogP) is 4.24. The van der Waals surface area contributed by atoms with Gasteiger partial charge in [0.25, 0.3) is 0 Å². The third-order valence-corrected chi connectivity index (χ3v) is 4.07. The minimum atomic E-state index is 0.126. The number of methoxy groups -OCH3 is 1. The van der Waals surface area contributed by atoms with Crippen LogP contribution in [0.1, 0.15) is 37.3 Å². The molecule has 4 heteroatoms. The molecule has 0 fully saturated rings. The van der Waals surface area contributed by atoms with Crippen LogP contribution in [0, 0.1) is 0 Å². The van der Waals surface area contributed by atoms with Crippen LogP contribution in [-0.4, -0.2) is 19.8 Å². The molecule has 0 radical (unpaired) electrons. The predicted molar refractivity (Wildman–Crippen MR) is 88.6 cm³/mol. The maximum atomic E-state index is 5.80. The first kappa shape index (κ1) is 15.9. The summed E-state index contributed by atoms with van der Waals surface area (Å²) in [4.78, 5) is 1.20. The maximum Gasteiger partial charge on any atom is 0.134 e. The summed E-state index contributed by atoms with van der Waals surface area (Å²) in [6.07, 6.45) is 0.175. The first-order valence-electron chi connectivity index (χ1n) is 7.27. The Morgan fingerprint density at radius 3 is 2.71 bits per heavy atom. The van der Waals surface area contributed by atoms with Crippen LogP contribution in [0.3, 0.4) is 0 Å². The number of thiophene rings is 1. The van der Waals surface area contributed by atoms with Crippen molar-refractivity contribution < 1.29 is 9.47 Å². The fourth-order valence-electron chi connectivity index (χ4n) is 2.29. The molecule has 0 bridgehead atoms. The van der Waals surface area contributed by atoms with E-state index < -0.39 is 0 Å². The molecule has 1 heterocycles. The molecule has 114 valence electrons. The number of rotatable bonds is 7. The van der Waals surface area contributed by atoms with Gasteiger partial charge in [0.2, 0.25) is 0 Å². The summed E-state index contributed by atoms with van der Waals surface area (Å²) in [5.41, 5.74) is 1.19. The molecule has 1 N–H and O–H groups in total. The lowest BCUT2D eigenvalue weighted by Gasteiger charge is -2.20. The van der Waals surface area contributed by atoms with Gasteiger partial charge in [-0.2, -0.15) is 0 Å². The monoisotopic (exact) mass is 305 g/mol. The molecule has 1 aromatic carbocycles. The first-order valence-corrected chi connectivity index (χ1v) is 8.15. The molecule has 1 atom stereocenters. The molecule has 0 aliphatic carbocycles. The number of benzene rings is 1. The van der Waals surface area contributed by atoms with E-state index in [1.54, 1.807) is 18.4 Å². The van der Waals surface area contributed by atoms with E-state index in [1.165, 1.54) is 10.4 Å². The Morgan fingerprint density at radius 2 is 2.05 bits per heavy atom. The Bertz CT molecular complexity index is 565. The summed E-state index contributed by atoms with van der Waals surface area (Å²) in [6.45, 7) is 7.08. The van der Waals surface area contributed by atoms with Crippen molar-refractivity contribution in [1.29, 1.82) is 0 Å². The highest BCUT2D eigenvalue weighted by atomic mass is 32.1. The van der Waals surface area contributed by atoms with E-state index in [2.05, 4.69) is 29.8 Å². The lowest BCUT2D eigenvalue weighted by atomic mass is 10.0. The summed E-state index contributed by atoms with van der Waals surface area (Å²) in [5.74, 6) is 1.84. The molecule has 1 unspecified atom stereocenters. The van der Waals surface area contributed by atoms with Gasteiger partial charge in [-0.3, -0.25) is 0 Å². The van der Waals surface area contributed by atoms with Crippen LogP contribution in [0.25, 0.3) is 0 Å². The van der Waals surface area contributed by atoms with Gasteiger partial charge in [-0.15, -0.1) is 11.3 Å². The van der Waals surface area contributed by atoms with Crippen molar-refractivity contribution in [2.45, 2.75) is 32.9 Å². The van der Waals surface area contributed by atoms with Crippen molar-refractivity contribution in [3.63, 3.8) is 0 Å². The zero-order chi connectivity index (χ0) is 15.2. The zero-order valence-electron chi connectivity index (χ0n) is 13.1. The molecule has 0 saturated carbocycles. The van der Waals surface area contributed by atoms with Crippen molar-refractivity contribution in [2.24, 2.45) is 0 Å². The van der Waals surface area contributed by atoms with Crippen molar-refractivity contribution in [3.05, 3.63) is 46.2 Å². The minimum absolute atomic E-state index is 0.126. The van der Waals surface area contributed by atoms with Gasteiger partial charge < -0.3 is 14.8 Å². The summed E-state index contributed by atoms with van der Waals surface area (Å²) in [6, 6.07) is 10.4. The lowest BCUT2D eigenvalue weighted by molar-refractivity contribution is 0.242. The second-order valence-electron chi connectivity index (χ2n) is 5.08. The summed E-state index contributed by atoms with van der Waals surface area (Å²) >= 11 is 1.71. The van der Waals surface area contributed by atoms with E-state index in [4.69, 9.17) is 9.47 Å². The highest BCUT2D eigenvalue weighted by Gasteiger charge is 2.19. The highest BCUT2D eigenvalue weighted by Crippen LogP contribution is 2.35. The van der Waals surface area contributed by atoms with Gasteiger partial charge >= 0.3 is 0 Å². The summed E-state index contributed by atoms with van der Waals surface area (Å²) in [7, 11) is 1.72. The van der Waals surface area contributed by atoms with E-state index >= 15 is 0 Å². The average molecular weight is 305 g/mol. The van der Waals surface area contributed by atoms with E-state index in [9.17, 15) is 0 Å². The van der Waals surface area contributed by atoms with Crippen LogP contribution in [0.4, 0.5) is 0 Å². The molecular weight excluding hydrogens is 282 g/mol. The average Bonchev–Trinajstić information content (AvgIpc) is 2.92. The zero-order valence-corrected chi connectivity index (χ0v) is 13.9. The van der Waals surface area contributed by atoms with E-state index in [0.717, 1.165) is 18.0 Å². The van der Waals surface area contributed by atoms with Gasteiger partial charge in [0.1, 0.15) is 11.5 Å². The maximum absolute atomic E-state index is 5.80. The quantitative estimate of drug-likeness (QED) is 0.830. The Balaban J connectivity index is 2.34. The molecule has 0 amide bonds. The minimum Gasteiger partial charge on any atom is -0.496 e. The fourth-order valence-corrected chi connectivity index (χ4v) is 3.26. The van der Waals surface area contributed by atoms with Gasteiger partial charge in [-0.05, 0) is 49.5 Å². The van der Waals surface area contributed by atoms with Crippen LogP contribution >= 0.6 is 11.3 Å². The molecule has 0 spiro atoms. The number of ether oxygens (including phenoxy) is 2. The molecule has 2 rings (SSSR count). The standard InChI is InChI=1S/C17H23NO2S/c1-5-18-16(17-15(19-4)9-10-21-17)13-7-6-8-14(11-13)20-12(2)3/h6-12,16,18H,5H2,1-4H3. The van der Waals surface area contributed by atoms with Gasteiger partial charge in [0.05, 0.1) is 24.1 Å². The molecule has 0 aliphatic heterocycles. The van der Waals surface area contributed by atoms with Gasteiger partial charge in [-0.1, -0.05) is 19.1 Å². The molecule has 0 saturated heterocycles. The number of hydrogen-bond donors (Lipinski definition) is 1. The molecule has 21 heavy (non-hydrogen) atoms. The van der Waals surface area contributed by atoms with Crippen molar-refractivity contribution in [3.8, 4) is 11.5 Å². The van der Waals surface area contributed by atoms with Gasteiger partial charge in [0, 0.05) is 0 Å². The second-order valence-corrected chi connectivity index (χ2v) is 6.03. The van der Waals surface area contributed by atoms with E-state index in [1.807, 2.05) is 32.0 Å². The van der Waals surface area contributed by atoms with Gasteiger partial charge in [-0.25, -0.2) is 0 Å². The molecule has 1 aromatic heterocycles. The largest absolute Gasteiger partial charge is 0.496 e. The highest BCUT2D eigenvalue weighted by molar-refractivity contribution is 7.10.